The third-order valence-corrected chi connectivity index (χ3v) is 5.53. The van der Waals surface area contributed by atoms with Crippen molar-refractivity contribution < 1.29 is 14.6 Å². The van der Waals surface area contributed by atoms with Crippen molar-refractivity contribution in [3.63, 3.8) is 0 Å². The van der Waals surface area contributed by atoms with Crippen molar-refractivity contribution >= 4 is 29.2 Å². The van der Waals surface area contributed by atoms with Gasteiger partial charge in [-0.3, -0.25) is 4.79 Å². The van der Waals surface area contributed by atoms with Gasteiger partial charge in [-0.1, -0.05) is 23.2 Å². The Balaban J connectivity index is 2.83. The maximum atomic E-state index is 12.5. The predicted molar refractivity (Wildman–Crippen MR) is 108 cm³/mol. The Morgan fingerprint density at radius 2 is 1.38 bits per heavy atom. The van der Waals surface area contributed by atoms with Crippen molar-refractivity contribution in [2.45, 2.75) is 48.5 Å². The number of carbonyl (C=O) groups excluding carboxylic acids is 1. The van der Waals surface area contributed by atoms with E-state index in [1.54, 1.807) is 32.9 Å². The highest BCUT2D eigenvalue weighted by Gasteiger charge is 2.28. The summed E-state index contributed by atoms with van der Waals surface area (Å²) in [5.74, 6) is 0.0679. The maximum absolute atomic E-state index is 12.5. The highest BCUT2D eigenvalue weighted by molar-refractivity contribution is 6.33. The molecule has 0 radical (unpaired) electrons. The maximum Gasteiger partial charge on any atom is 0.316 e. The largest absolute Gasteiger partial charge is 0.507 e. The first-order chi connectivity index (χ1) is 11.9. The number of halogens is 2. The molecule has 0 saturated carbocycles. The Labute approximate surface area is 164 Å². The number of hydrogen-bond donors (Lipinski definition) is 1. The van der Waals surface area contributed by atoms with Crippen LogP contribution in [0.3, 0.4) is 0 Å². The Morgan fingerprint density at radius 1 is 0.923 bits per heavy atom. The summed E-state index contributed by atoms with van der Waals surface area (Å²) in [5.41, 5.74) is 3.43. The molecule has 0 aliphatic heterocycles. The molecule has 0 aliphatic carbocycles. The smallest absolute Gasteiger partial charge is 0.316 e. The third kappa shape index (κ3) is 3.70. The Hall–Kier alpha value is -1.71. The summed E-state index contributed by atoms with van der Waals surface area (Å²) < 4.78 is 5.71. The Morgan fingerprint density at radius 3 is 1.88 bits per heavy atom. The number of ether oxygens (including phenoxy) is 1. The zero-order valence-corrected chi connectivity index (χ0v) is 17.7. The quantitative estimate of drug-likeness (QED) is 0.463. The van der Waals surface area contributed by atoms with Gasteiger partial charge in [0, 0.05) is 21.2 Å². The number of hydrogen-bond acceptors (Lipinski definition) is 3. The van der Waals surface area contributed by atoms with Crippen LogP contribution in [0.25, 0.3) is 11.1 Å². The molecule has 0 fully saturated rings. The molecular weight excluding hydrogens is 371 g/mol. The summed E-state index contributed by atoms with van der Waals surface area (Å²) in [6.45, 7) is 12.7. The van der Waals surface area contributed by atoms with Crippen molar-refractivity contribution in [3.05, 3.63) is 44.4 Å². The van der Waals surface area contributed by atoms with Crippen LogP contribution in [-0.2, 0) is 4.79 Å². The number of benzene rings is 2. The standard InChI is InChI=1S/C21H24Cl2O3/c1-10-8-14(24)16(12(3)18(10)22)17-13(4)19(23)11(2)9-15(17)26-20(25)21(5,6)7/h8-9,24H,1-7H3. The van der Waals surface area contributed by atoms with E-state index >= 15 is 0 Å². The monoisotopic (exact) mass is 394 g/mol. The van der Waals surface area contributed by atoms with E-state index in [9.17, 15) is 9.90 Å². The number of phenols is 1. The molecule has 0 saturated heterocycles. The first-order valence-corrected chi connectivity index (χ1v) is 9.12. The fourth-order valence-electron chi connectivity index (χ4n) is 2.82. The van der Waals surface area contributed by atoms with Crippen LogP contribution < -0.4 is 4.74 Å². The van der Waals surface area contributed by atoms with Crippen molar-refractivity contribution in [1.29, 1.82) is 0 Å². The molecule has 0 amide bonds. The first-order valence-electron chi connectivity index (χ1n) is 8.37. The molecule has 0 unspecified atom stereocenters. The van der Waals surface area contributed by atoms with Gasteiger partial charge in [0.2, 0.25) is 0 Å². The van der Waals surface area contributed by atoms with Gasteiger partial charge in [-0.15, -0.1) is 0 Å². The number of aromatic hydroxyl groups is 1. The van der Waals surface area contributed by atoms with Crippen LogP contribution in [-0.4, -0.2) is 11.1 Å². The van der Waals surface area contributed by atoms with Crippen molar-refractivity contribution in [2.75, 3.05) is 0 Å². The normalized spacial score (nSPS) is 11.6. The summed E-state index contributed by atoms with van der Waals surface area (Å²) in [7, 11) is 0. The average molecular weight is 395 g/mol. The van der Waals surface area contributed by atoms with Gasteiger partial charge in [0.1, 0.15) is 11.5 Å². The minimum absolute atomic E-state index is 0.0699. The number of rotatable bonds is 2. The number of aryl methyl sites for hydroxylation is 2. The van der Waals surface area contributed by atoms with Crippen LogP contribution in [0.2, 0.25) is 10.0 Å². The molecule has 0 spiro atoms. The van der Waals surface area contributed by atoms with Crippen LogP contribution in [0.1, 0.15) is 43.0 Å². The Bertz CT molecular complexity index is 894. The van der Waals surface area contributed by atoms with E-state index < -0.39 is 5.41 Å². The molecule has 0 aromatic heterocycles. The molecule has 1 N–H and O–H groups in total. The molecule has 2 aromatic carbocycles. The number of esters is 1. The molecule has 2 rings (SSSR count). The third-order valence-electron chi connectivity index (χ3n) is 4.37. The van der Waals surface area contributed by atoms with Crippen LogP contribution in [0.4, 0.5) is 0 Å². The van der Waals surface area contributed by atoms with E-state index in [1.165, 1.54) is 0 Å². The summed E-state index contributed by atoms with van der Waals surface area (Å²) in [6.07, 6.45) is 0. The molecule has 0 heterocycles. The molecule has 5 heteroatoms. The molecular formula is C21H24Cl2O3. The van der Waals surface area contributed by atoms with Gasteiger partial charge in [-0.25, -0.2) is 0 Å². The van der Waals surface area contributed by atoms with Gasteiger partial charge in [0.05, 0.1) is 5.41 Å². The van der Waals surface area contributed by atoms with Gasteiger partial charge < -0.3 is 9.84 Å². The molecule has 140 valence electrons. The predicted octanol–water partition coefficient (Wildman–Crippen LogP) is 6.55. The fraction of sp³-hybridized carbons (Fsp3) is 0.381. The minimum atomic E-state index is -0.666. The molecule has 0 bridgehead atoms. The van der Waals surface area contributed by atoms with E-state index in [-0.39, 0.29) is 11.7 Å². The molecule has 0 aliphatic rings. The molecule has 0 atom stereocenters. The number of carbonyl (C=O) groups is 1. The SMILES string of the molecule is Cc1cc(O)c(-c2c(OC(=O)C(C)(C)C)cc(C)c(Cl)c2C)c(C)c1Cl. The summed E-state index contributed by atoms with van der Waals surface area (Å²) in [4.78, 5) is 12.5. The lowest BCUT2D eigenvalue weighted by Crippen LogP contribution is -2.26. The lowest BCUT2D eigenvalue weighted by atomic mass is 9.91. The second kappa shape index (κ2) is 7.13. The van der Waals surface area contributed by atoms with Crippen LogP contribution in [0.15, 0.2) is 12.1 Å². The molecule has 26 heavy (non-hydrogen) atoms. The van der Waals surface area contributed by atoms with E-state index in [1.807, 2.05) is 27.7 Å². The Kier molecular flexibility index (Phi) is 5.65. The van der Waals surface area contributed by atoms with Gasteiger partial charge in [-0.05, 0) is 82.9 Å². The second-order valence-corrected chi connectivity index (χ2v) is 8.43. The van der Waals surface area contributed by atoms with Crippen LogP contribution >= 0.6 is 23.2 Å². The molecule has 3 nitrogen and oxygen atoms in total. The fourth-order valence-corrected chi connectivity index (χ4v) is 3.12. The van der Waals surface area contributed by atoms with Crippen molar-refractivity contribution in [1.82, 2.24) is 0 Å². The topological polar surface area (TPSA) is 46.5 Å². The van der Waals surface area contributed by atoms with Gasteiger partial charge in [0.25, 0.3) is 0 Å². The zero-order valence-electron chi connectivity index (χ0n) is 16.2. The minimum Gasteiger partial charge on any atom is -0.507 e. The summed E-state index contributed by atoms with van der Waals surface area (Å²) in [5, 5.41) is 11.7. The van der Waals surface area contributed by atoms with Crippen LogP contribution in [0.5, 0.6) is 11.5 Å². The van der Waals surface area contributed by atoms with Crippen molar-refractivity contribution in [2.24, 2.45) is 5.41 Å². The average Bonchev–Trinajstić information content (AvgIpc) is 2.52. The second-order valence-electron chi connectivity index (χ2n) is 7.67. The molecule has 2 aromatic rings. The zero-order chi connectivity index (χ0) is 20.0. The lowest BCUT2D eigenvalue weighted by molar-refractivity contribution is -0.142. The first kappa shape index (κ1) is 20.6. The van der Waals surface area contributed by atoms with Gasteiger partial charge >= 0.3 is 5.97 Å². The summed E-state index contributed by atoms with van der Waals surface area (Å²) in [6, 6.07) is 3.33. The highest BCUT2D eigenvalue weighted by atomic mass is 35.5. The van der Waals surface area contributed by atoms with Crippen molar-refractivity contribution in [3.8, 4) is 22.6 Å². The number of phenolic OH excluding ortho intramolecular Hbond substituents is 1. The van der Waals surface area contributed by atoms with Gasteiger partial charge in [0.15, 0.2) is 0 Å². The van der Waals surface area contributed by atoms with E-state index in [4.69, 9.17) is 27.9 Å². The van der Waals surface area contributed by atoms with E-state index in [0.717, 1.165) is 16.7 Å². The summed E-state index contributed by atoms with van der Waals surface area (Å²) >= 11 is 12.9. The van der Waals surface area contributed by atoms with Gasteiger partial charge in [-0.2, -0.15) is 0 Å². The lowest BCUT2D eigenvalue weighted by Gasteiger charge is -2.22. The van der Waals surface area contributed by atoms with E-state index in [2.05, 4.69) is 0 Å². The van der Waals surface area contributed by atoms with Crippen LogP contribution in [0, 0.1) is 33.1 Å². The highest BCUT2D eigenvalue weighted by Crippen LogP contribution is 2.46. The van der Waals surface area contributed by atoms with E-state index in [0.29, 0.717) is 32.5 Å².